The summed E-state index contributed by atoms with van der Waals surface area (Å²) < 4.78 is 1.72. The van der Waals surface area contributed by atoms with Crippen molar-refractivity contribution in [1.82, 2.24) is 35.3 Å². The van der Waals surface area contributed by atoms with E-state index >= 15 is 0 Å². The summed E-state index contributed by atoms with van der Waals surface area (Å²) in [4.78, 5) is 14.4. The molecule has 0 saturated carbocycles. The third-order valence-electron chi connectivity index (χ3n) is 3.67. The molecule has 1 unspecified atom stereocenters. The zero-order chi connectivity index (χ0) is 13.9. The van der Waals surface area contributed by atoms with Crippen LogP contribution in [0.1, 0.15) is 42.0 Å². The Balaban J connectivity index is 1.75. The fourth-order valence-corrected chi connectivity index (χ4v) is 2.64. The van der Waals surface area contributed by atoms with Gasteiger partial charge in [0.1, 0.15) is 5.69 Å². The summed E-state index contributed by atoms with van der Waals surface area (Å²) in [5.41, 5.74) is 0.640. The summed E-state index contributed by atoms with van der Waals surface area (Å²) in [6, 6.07) is 1.77. The number of hydrogen-bond donors (Lipinski definition) is 1. The second kappa shape index (κ2) is 5.40. The number of aromatic nitrogens is 6. The highest BCUT2D eigenvalue weighted by molar-refractivity contribution is 5.92. The van der Waals surface area contributed by atoms with Crippen molar-refractivity contribution in [3.05, 3.63) is 23.8 Å². The number of nitrogens with one attached hydrogen (secondary N) is 1. The Labute approximate surface area is 116 Å². The zero-order valence-electron chi connectivity index (χ0n) is 11.4. The van der Waals surface area contributed by atoms with Gasteiger partial charge in [0.2, 0.25) is 0 Å². The number of piperidine rings is 1. The third kappa shape index (κ3) is 2.28. The molecule has 8 nitrogen and oxygen atoms in total. The topological polar surface area (TPSA) is 92.6 Å². The van der Waals surface area contributed by atoms with E-state index in [1.807, 2.05) is 11.8 Å². The molecule has 8 heteroatoms. The standard InChI is InChI=1S/C12H17N7O/c1-2-19-10(5-6-13-19)12(20)18-7-3-4-9(8-18)11-14-16-17-15-11/h5-6,9H,2-4,7-8H2,1H3,(H,14,15,16,17). The molecule has 1 atom stereocenters. The lowest BCUT2D eigenvalue weighted by Gasteiger charge is -2.31. The summed E-state index contributed by atoms with van der Waals surface area (Å²) >= 11 is 0. The van der Waals surface area contributed by atoms with Gasteiger partial charge in [-0.3, -0.25) is 9.48 Å². The summed E-state index contributed by atoms with van der Waals surface area (Å²) in [6.45, 7) is 4.06. The lowest BCUT2D eigenvalue weighted by atomic mass is 9.97. The van der Waals surface area contributed by atoms with Crippen LogP contribution in [0.2, 0.25) is 0 Å². The predicted molar refractivity (Wildman–Crippen MR) is 70.0 cm³/mol. The van der Waals surface area contributed by atoms with Crippen LogP contribution in [-0.2, 0) is 6.54 Å². The maximum absolute atomic E-state index is 12.6. The van der Waals surface area contributed by atoms with Crippen molar-refractivity contribution < 1.29 is 4.79 Å². The molecule has 1 fully saturated rings. The first-order valence-corrected chi connectivity index (χ1v) is 6.84. The number of H-pyrrole nitrogens is 1. The first-order valence-electron chi connectivity index (χ1n) is 6.84. The van der Waals surface area contributed by atoms with Crippen LogP contribution in [-0.4, -0.2) is 54.3 Å². The van der Waals surface area contributed by atoms with E-state index in [0.717, 1.165) is 19.4 Å². The first-order chi connectivity index (χ1) is 9.79. The zero-order valence-corrected chi connectivity index (χ0v) is 11.4. The molecule has 2 aromatic heterocycles. The highest BCUT2D eigenvalue weighted by Gasteiger charge is 2.28. The Kier molecular flexibility index (Phi) is 3.44. The molecule has 0 aromatic carbocycles. The SMILES string of the molecule is CCn1nccc1C(=O)N1CCCC(c2nn[nH]n2)C1. The number of nitrogens with zero attached hydrogens (tertiary/aromatic N) is 6. The minimum atomic E-state index is 0.0255. The minimum Gasteiger partial charge on any atom is -0.337 e. The Morgan fingerprint density at radius 3 is 3.20 bits per heavy atom. The summed E-state index contributed by atoms with van der Waals surface area (Å²) in [6.07, 6.45) is 3.60. The lowest BCUT2D eigenvalue weighted by molar-refractivity contribution is 0.0692. The summed E-state index contributed by atoms with van der Waals surface area (Å²) in [5.74, 6) is 0.869. The van der Waals surface area contributed by atoms with Crippen LogP contribution in [0, 0.1) is 0 Å². The number of tetrazole rings is 1. The molecule has 1 amide bonds. The maximum atomic E-state index is 12.6. The molecule has 1 saturated heterocycles. The van der Waals surface area contributed by atoms with E-state index in [-0.39, 0.29) is 11.8 Å². The van der Waals surface area contributed by atoms with E-state index in [1.165, 1.54) is 0 Å². The summed E-state index contributed by atoms with van der Waals surface area (Å²) in [7, 11) is 0. The Morgan fingerprint density at radius 1 is 1.55 bits per heavy atom. The van der Waals surface area contributed by atoms with Crippen molar-refractivity contribution in [2.45, 2.75) is 32.2 Å². The number of aryl methyl sites for hydroxylation is 1. The normalized spacial score (nSPS) is 19.2. The monoisotopic (exact) mass is 275 g/mol. The van der Waals surface area contributed by atoms with Crippen LogP contribution in [0.15, 0.2) is 12.3 Å². The second-order valence-corrected chi connectivity index (χ2v) is 4.89. The van der Waals surface area contributed by atoms with E-state index in [1.54, 1.807) is 16.9 Å². The van der Waals surface area contributed by atoms with Gasteiger partial charge in [-0.1, -0.05) is 5.21 Å². The highest BCUT2D eigenvalue weighted by atomic mass is 16.2. The van der Waals surface area contributed by atoms with E-state index < -0.39 is 0 Å². The van der Waals surface area contributed by atoms with Gasteiger partial charge in [0.05, 0.1) is 0 Å². The van der Waals surface area contributed by atoms with Gasteiger partial charge in [-0.15, -0.1) is 10.2 Å². The molecular formula is C12H17N7O. The van der Waals surface area contributed by atoms with Crippen molar-refractivity contribution in [2.24, 2.45) is 0 Å². The van der Waals surface area contributed by atoms with Crippen LogP contribution in [0.25, 0.3) is 0 Å². The molecule has 106 valence electrons. The lowest BCUT2D eigenvalue weighted by Crippen LogP contribution is -2.40. The first kappa shape index (κ1) is 12.8. The number of likely N-dealkylation sites (tertiary alicyclic amines) is 1. The third-order valence-corrected chi connectivity index (χ3v) is 3.67. The number of rotatable bonds is 3. The van der Waals surface area contributed by atoms with Gasteiger partial charge in [0, 0.05) is 31.7 Å². The molecular weight excluding hydrogens is 258 g/mol. The fourth-order valence-electron chi connectivity index (χ4n) is 2.64. The Hall–Kier alpha value is -2.25. The Bertz CT molecular complexity index is 576. The molecule has 3 heterocycles. The quantitative estimate of drug-likeness (QED) is 0.877. The van der Waals surface area contributed by atoms with Gasteiger partial charge in [-0.05, 0) is 25.8 Å². The summed E-state index contributed by atoms with van der Waals surface area (Å²) in [5, 5.41) is 18.3. The maximum Gasteiger partial charge on any atom is 0.272 e. The van der Waals surface area contributed by atoms with Crippen molar-refractivity contribution in [3.63, 3.8) is 0 Å². The molecule has 1 aliphatic heterocycles. The number of carbonyl (C=O) groups excluding carboxylic acids is 1. The van der Waals surface area contributed by atoms with E-state index in [4.69, 9.17) is 0 Å². The van der Waals surface area contributed by atoms with E-state index in [2.05, 4.69) is 25.7 Å². The van der Waals surface area contributed by atoms with Crippen LogP contribution < -0.4 is 0 Å². The molecule has 2 aromatic rings. The van der Waals surface area contributed by atoms with Gasteiger partial charge in [-0.25, -0.2) is 0 Å². The molecule has 0 radical (unpaired) electrons. The highest BCUT2D eigenvalue weighted by Crippen LogP contribution is 2.24. The molecule has 3 rings (SSSR count). The average molecular weight is 275 g/mol. The van der Waals surface area contributed by atoms with E-state index in [0.29, 0.717) is 24.6 Å². The predicted octanol–water partition coefficient (Wildman–Crippen LogP) is 0.436. The second-order valence-electron chi connectivity index (χ2n) is 4.89. The van der Waals surface area contributed by atoms with Crippen LogP contribution in [0.5, 0.6) is 0 Å². The van der Waals surface area contributed by atoms with Gasteiger partial charge in [0.15, 0.2) is 5.82 Å². The number of hydrogen-bond acceptors (Lipinski definition) is 5. The average Bonchev–Trinajstić information content (AvgIpc) is 3.17. The van der Waals surface area contributed by atoms with Crippen molar-refractivity contribution in [2.75, 3.05) is 13.1 Å². The number of amides is 1. The van der Waals surface area contributed by atoms with Gasteiger partial charge in [0.25, 0.3) is 5.91 Å². The van der Waals surface area contributed by atoms with Crippen molar-refractivity contribution in [3.8, 4) is 0 Å². The van der Waals surface area contributed by atoms with E-state index in [9.17, 15) is 4.79 Å². The Morgan fingerprint density at radius 2 is 2.45 bits per heavy atom. The largest absolute Gasteiger partial charge is 0.337 e. The number of carbonyl (C=O) groups is 1. The fraction of sp³-hybridized carbons (Fsp3) is 0.583. The number of aromatic amines is 1. The van der Waals surface area contributed by atoms with Crippen LogP contribution in [0.3, 0.4) is 0 Å². The molecule has 0 aliphatic carbocycles. The van der Waals surface area contributed by atoms with Crippen LogP contribution >= 0.6 is 0 Å². The molecule has 0 spiro atoms. The molecule has 20 heavy (non-hydrogen) atoms. The minimum absolute atomic E-state index is 0.0255. The molecule has 1 N–H and O–H groups in total. The van der Waals surface area contributed by atoms with Gasteiger partial charge in [-0.2, -0.15) is 10.3 Å². The smallest absolute Gasteiger partial charge is 0.272 e. The van der Waals surface area contributed by atoms with Gasteiger partial charge >= 0.3 is 0 Å². The van der Waals surface area contributed by atoms with Crippen molar-refractivity contribution >= 4 is 5.91 Å². The molecule has 0 bridgehead atoms. The van der Waals surface area contributed by atoms with Crippen LogP contribution in [0.4, 0.5) is 0 Å². The van der Waals surface area contributed by atoms with Gasteiger partial charge < -0.3 is 4.90 Å². The van der Waals surface area contributed by atoms with Crippen molar-refractivity contribution in [1.29, 1.82) is 0 Å². The molecule has 1 aliphatic rings.